The standard InChI is InChI=1S/C15H23BrN2O3S.ClH/c1-10-7-12(21-4)13(8-11(10)16)22(19,20)18-6-5-14(17)15(2,3)9-18;/h7-8,14H,5-6,9,17H2,1-4H3;1H. The minimum Gasteiger partial charge on any atom is -0.495 e. The first-order valence-corrected chi connectivity index (χ1v) is 9.43. The van der Waals surface area contributed by atoms with E-state index in [0.29, 0.717) is 25.3 Å². The molecule has 1 unspecified atom stereocenters. The van der Waals surface area contributed by atoms with Crippen molar-refractivity contribution in [2.75, 3.05) is 20.2 Å². The molecule has 132 valence electrons. The van der Waals surface area contributed by atoms with Crippen molar-refractivity contribution in [2.45, 2.75) is 38.1 Å². The van der Waals surface area contributed by atoms with E-state index >= 15 is 0 Å². The molecule has 0 bridgehead atoms. The lowest BCUT2D eigenvalue weighted by Gasteiger charge is -2.41. The Morgan fingerprint density at radius 2 is 2.00 bits per heavy atom. The summed E-state index contributed by atoms with van der Waals surface area (Å²) >= 11 is 3.40. The Hall–Kier alpha value is -0.340. The van der Waals surface area contributed by atoms with Crippen LogP contribution >= 0.6 is 28.3 Å². The highest BCUT2D eigenvalue weighted by atomic mass is 79.9. The number of sulfonamides is 1. The molecule has 0 amide bonds. The molecule has 1 aliphatic heterocycles. The van der Waals surface area contributed by atoms with Crippen LogP contribution in [0.15, 0.2) is 21.5 Å². The Labute approximate surface area is 153 Å². The average Bonchev–Trinajstić information content (AvgIpc) is 2.44. The molecule has 0 spiro atoms. The molecule has 0 aromatic heterocycles. The molecular weight excluding hydrogens is 404 g/mol. The van der Waals surface area contributed by atoms with Crippen LogP contribution in [-0.4, -0.2) is 39.0 Å². The molecule has 1 saturated heterocycles. The van der Waals surface area contributed by atoms with Gasteiger partial charge in [0.1, 0.15) is 10.6 Å². The maximum absolute atomic E-state index is 13.0. The lowest BCUT2D eigenvalue weighted by atomic mass is 9.81. The summed E-state index contributed by atoms with van der Waals surface area (Å²) in [5, 5.41) is 0. The normalized spacial score (nSPS) is 21.6. The molecule has 2 N–H and O–H groups in total. The first-order chi connectivity index (χ1) is 10.1. The van der Waals surface area contributed by atoms with Gasteiger partial charge < -0.3 is 10.5 Å². The number of piperidine rings is 1. The molecule has 0 saturated carbocycles. The summed E-state index contributed by atoms with van der Waals surface area (Å²) in [6.45, 7) is 6.74. The van der Waals surface area contributed by atoms with Gasteiger partial charge in [-0.05, 0) is 36.5 Å². The van der Waals surface area contributed by atoms with E-state index in [9.17, 15) is 8.42 Å². The second kappa shape index (κ2) is 7.27. The van der Waals surface area contributed by atoms with Crippen molar-refractivity contribution in [3.8, 4) is 5.75 Å². The van der Waals surface area contributed by atoms with Gasteiger partial charge in [0.05, 0.1) is 7.11 Å². The van der Waals surface area contributed by atoms with Crippen LogP contribution in [0, 0.1) is 12.3 Å². The van der Waals surface area contributed by atoms with Crippen molar-refractivity contribution < 1.29 is 13.2 Å². The van der Waals surface area contributed by atoms with E-state index in [1.54, 1.807) is 12.1 Å². The van der Waals surface area contributed by atoms with Gasteiger partial charge in [0, 0.05) is 23.6 Å². The third kappa shape index (κ3) is 4.02. The number of nitrogens with zero attached hydrogens (tertiary/aromatic N) is 1. The fourth-order valence-corrected chi connectivity index (χ4v) is 4.95. The third-order valence-corrected chi connectivity index (χ3v) is 7.06. The Kier molecular flexibility index (Phi) is 6.54. The Morgan fingerprint density at radius 3 is 2.52 bits per heavy atom. The quantitative estimate of drug-likeness (QED) is 0.805. The zero-order chi connectivity index (χ0) is 16.7. The van der Waals surface area contributed by atoms with E-state index < -0.39 is 10.0 Å². The number of methoxy groups -OCH3 is 1. The molecule has 2 rings (SSSR count). The van der Waals surface area contributed by atoms with Crippen molar-refractivity contribution in [1.29, 1.82) is 0 Å². The van der Waals surface area contributed by atoms with Crippen LogP contribution in [0.25, 0.3) is 0 Å². The van der Waals surface area contributed by atoms with Crippen LogP contribution in [0.5, 0.6) is 5.75 Å². The van der Waals surface area contributed by atoms with Crippen LogP contribution in [0.2, 0.25) is 0 Å². The van der Waals surface area contributed by atoms with Gasteiger partial charge in [0.2, 0.25) is 10.0 Å². The second-order valence-electron chi connectivity index (χ2n) is 6.47. The highest BCUT2D eigenvalue weighted by Crippen LogP contribution is 2.36. The van der Waals surface area contributed by atoms with E-state index in [1.165, 1.54) is 11.4 Å². The molecule has 1 heterocycles. The van der Waals surface area contributed by atoms with E-state index in [0.717, 1.165) is 10.0 Å². The Morgan fingerprint density at radius 1 is 1.39 bits per heavy atom. The summed E-state index contributed by atoms with van der Waals surface area (Å²) < 4.78 is 33.6. The van der Waals surface area contributed by atoms with Gasteiger partial charge in [-0.2, -0.15) is 4.31 Å². The summed E-state index contributed by atoms with van der Waals surface area (Å²) in [5.41, 5.74) is 6.78. The lowest BCUT2D eigenvalue weighted by molar-refractivity contribution is 0.155. The highest BCUT2D eigenvalue weighted by molar-refractivity contribution is 9.10. The van der Waals surface area contributed by atoms with Crippen molar-refractivity contribution >= 4 is 38.4 Å². The second-order valence-corrected chi connectivity index (χ2v) is 9.24. The first-order valence-electron chi connectivity index (χ1n) is 7.19. The van der Waals surface area contributed by atoms with Gasteiger partial charge in [-0.1, -0.05) is 29.8 Å². The minimum atomic E-state index is -3.62. The topological polar surface area (TPSA) is 72.6 Å². The van der Waals surface area contributed by atoms with Gasteiger partial charge in [0.25, 0.3) is 0 Å². The molecule has 0 aliphatic carbocycles. The fourth-order valence-electron chi connectivity index (χ4n) is 2.67. The number of hydrogen-bond acceptors (Lipinski definition) is 4. The van der Waals surface area contributed by atoms with Gasteiger partial charge in [-0.3, -0.25) is 0 Å². The zero-order valence-electron chi connectivity index (χ0n) is 13.8. The number of rotatable bonds is 3. The monoisotopic (exact) mass is 426 g/mol. The largest absolute Gasteiger partial charge is 0.495 e. The summed E-state index contributed by atoms with van der Waals surface area (Å²) in [7, 11) is -2.13. The zero-order valence-corrected chi connectivity index (χ0v) is 17.0. The summed E-state index contributed by atoms with van der Waals surface area (Å²) in [4.78, 5) is 0.193. The lowest BCUT2D eigenvalue weighted by Crippen LogP contribution is -2.53. The van der Waals surface area contributed by atoms with Crippen molar-refractivity contribution in [3.63, 3.8) is 0 Å². The fraction of sp³-hybridized carbons (Fsp3) is 0.600. The number of ether oxygens (including phenoxy) is 1. The van der Waals surface area contributed by atoms with Crippen molar-refractivity contribution in [2.24, 2.45) is 11.1 Å². The first kappa shape index (κ1) is 20.7. The van der Waals surface area contributed by atoms with E-state index in [1.807, 2.05) is 20.8 Å². The number of aryl methyl sites for hydroxylation is 1. The predicted molar refractivity (Wildman–Crippen MR) is 97.8 cm³/mol. The van der Waals surface area contributed by atoms with E-state index in [-0.39, 0.29) is 28.8 Å². The molecule has 1 aliphatic rings. The maximum atomic E-state index is 13.0. The molecule has 1 aromatic rings. The van der Waals surface area contributed by atoms with Gasteiger partial charge in [0.15, 0.2) is 0 Å². The Bertz CT molecular complexity index is 680. The van der Waals surface area contributed by atoms with Crippen molar-refractivity contribution in [1.82, 2.24) is 4.31 Å². The number of benzene rings is 1. The molecule has 8 heteroatoms. The van der Waals surface area contributed by atoms with Crippen LogP contribution in [0.4, 0.5) is 0 Å². The summed E-state index contributed by atoms with van der Waals surface area (Å²) in [6, 6.07) is 3.36. The third-order valence-electron chi connectivity index (χ3n) is 4.34. The molecule has 1 fully saturated rings. The smallest absolute Gasteiger partial charge is 0.246 e. The number of nitrogens with two attached hydrogens (primary N) is 1. The summed E-state index contributed by atoms with van der Waals surface area (Å²) in [5.74, 6) is 0.369. The minimum absolute atomic E-state index is 0. The van der Waals surface area contributed by atoms with Gasteiger partial charge in [-0.25, -0.2) is 8.42 Å². The van der Waals surface area contributed by atoms with E-state index in [2.05, 4.69) is 15.9 Å². The molecular formula is C15H24BrClN2O3S. The Balaban J connectivity index is 0.00000264. The molecule has 1 atom stereocenters. The molecule has 0 radical (unpaired) electrons. The average molecular weight is 428 g/mol. The maximum Gasteiger partial charge on any atom is 0.246 e. The van der Waals surface area contributed by atoms with Gasteiger partial charge in [-0.15, -0.1) is 12.4 Å². The van der Waals surface area contributed by atoms with Crippen molar-refractivity contribution in [3.05, 3.63) is 22.2 Å². The van der Waals surface area contributed by atoms with Crippen LogP contribution in [0.1, 0.15) is 25.8 Å². The molecule has 1 aromatic carbocycles. The summed E-state index contributed by atoms with van der Waals surface area (Å²) in [6.07, 6.45) is 0.654. The van der Waals surface area contributed by atoms with Crippen LogP contribution < -0.4 is 10.5 Å². The number of hydrogen-bond donors (Lipinski definition) is 1. The predicted octanol–water partition coefficient (Wildman–Crippen LogP) is 2.94. The number of halogens is 2. The SMILES string of the molecule is COc1cc(C)c(Br)cc1S(=O)(=O)N1CCC(N)C(C)(C)C1.Cl. The molecule has 23 heavy (non-hydrogen) atoms. The molecule has 5 nitrogen and oxygen atoms in total. The highest BCUT2D eigenvalue weighted by Gasteiger charge is 2.39. The van der Waals surface area contributed by atoms with Gasteiger partial charge >= 0.3 is 0 Å². The van der Waals surface area contributed by atoms with Crippen LogP contribution in [-0.2, 0) is 10.0 Å². The van der Waals surface area contributed by atoms with Crippen LogP contribution in [0.3, 0.4) is 0 Å². The van der Waals surface area contributed by atoms with E-state index in [4.69, 9.17) is 10.5 Å².